The third kappa shape index (κ3) is 4.80. The molecule has 0 saturated carbocycles. The Morgan fingerprint density at radius 3 is 2.65 bits per heavy atom. The Kier molecular flexibility index (Phi) is 7.48. The fourth-order valence-electron chi connectivity index (χ4n) is 4.76. The molecule has 1 N–H and O–H groups in total. The molecule has 1 aromatic carbocycles. The van der Waals surface area contributed by atoms with Crippen LogP contribution in [0.1, 0.15) is 31.7 Å². The van der Waals surface area contributed by atoms with Gasteiger partial charge in [0.25, 0.3) is 5.91 Å². The predicted molar refractivity (Wildman–Crippen MR) is 129 cm³/mol. The molecular formula is C25H27Cl2FN2O4. The lowest BCUT2D eigenvalue weighted by Gasteiger charge is -2.34. The number of ether oxygens (including phenoxy) is 2. The molecule has 182 valence electrons. The topological polar surface area (TPSA) is 69.2 Å². The lowest BCUT2D eigenvalue weighted by Crippen LogP contribution is -2.38. The molecule has 6 nitrogen and oxygen atoms in total. The summed E-state index contributed by atoms with van der Waals surface area (Å²) in [6.45, 7) is 2.14. The second kappa shape index (κ2) is 10.2. The maximum atomic E-state index is 13.9. The molecule has 3 atom stereocenters. The van der Waals surface area contributed by atoms with Crippen molar-refractivity contribution in [2.45, 2.75) is 38.1 Å². The van der Waals surface area contributed by atoms with E-state index < -0.39 is 17.7 Å². The van der Waals surface area contributed by atoms with Crippen LogP contribution in [0.15, 0.2) is 52.7 Å². The van der Waals surface area contributed by atoms with Gasteiger partial charge in [0, 0.05) is 37.7 Å². The first-order chi connectivity index (χ1) is 16.3. The van der Waals surface area contributed by atoms with Crippen molar-refractivity contribution in [2.75, 3.05) is 20.8 Å². The van der Waals surface area contributed by atoms with Gasteiger partial charge >= 0.3 is 0 Å². The summed E-state index contributed by atoms with van der Waals surface area (Å²) >= 11 is 12.0. The van der Waals surface area contributed by atoms with Crippen LogP contribution in [0.4, 0.5) is 4.39 Å². The van der Waals surface area contributed by atoms with Gasteiger partial charge in [0.1, 0.15) is 0 Å². The molecule has 9 heteroatoms. The van der Waals surface area contributed by atoms with Gasteiger partial charge in [-0.2, -0.15) is 0 Å². The minimum Gasteiger partial charge on any atom is -0.384 e. The average Bonchev–Trinajstić information content (AvgIpc) is 3.25. The number of methoxy groups -OCH3 is 2. The quantitative estimate of drug-likeness (QED) is 0.400. The Hall–Kier alpha value is -2.19. The number of hydrogen-bond acceptors (Lipinski definition) is 5. The van der Waals surface area contributed by atoms with Crippen LogP contribution in [0.5, 0.6) is 0 Å². The largest absolute Gasteiger partial charge is 0.384 e. The van der Waals surface area contributed by atoms with Crippen LogP contribution in [0.3, 0.4) is 0 Å². The van der Waals surface area contributed by atoms with Crippen LogP contribution < -0.4 is 5.32 Å². The number of halogens is 3. The zero-order valence-corrected chi connectivity index (χ0v) is 20.8. The van der Waals surface area contributed by atoms with Crippen LogP contribution in [-0.4, -0.2) is 38.7 Å². The van der Waals surface area contributed by atoms with Gasteiger partial charge in [0.05, 0.1) is 22.3 Å². The highest BCUT2D eigenvalue weighted by Gasteiger charge is 2.43. The Morgan fingerprint density at radius 2 is 1.97 bits per heavy atom. The van der Waals surface area contributed by atoms with E-state index in [4.69, 9.17) is 37.5 Å². The van der Waals surface area contributed by atoms with E-state index in [1.165, 1.54) is 26.4 Å². The van der Waals surface area contributed by atoms with Gasteiger partial charge in [-0.15, -0.1) is 0 Å². The molecule has 4 rings (SSSR count). The van der Waals surface area contributed by atoms with E-state index in [-0.39, 0.29) is 34.3 Å². The van der Waals surface area contributed by atoms with E-state index in [0.717, 1.165) is 17.7 Å². The predicted octanol–water partition coefficient (Wildman–Crippen LogP) is 5.31. The zero-order chi connectivity index (χ0) is 24.5. The summed E-state index contributed by atoms with van der Waals surface area (Å²) in [6, 6.07) is 3.07. The number of nitrogens with zero attached hydrogens (tertiary/aromatic N) is 1. The molecule has 0 radical (unpaired) electrons. The number of carbonyl (C=O) groups is 1. The van der Waals surface area contributed by atoms with E-state index >= 15 is 0 Å². The molecular weight excluding hydrogens is 482 g/mol. The van der Waals surface area contributed by atoms with Crippen molar-refractivity contribution < 1.29 is 23.5 Å². The standard InChI is InChI=1S/C25H27Cl2FN2O4/c1-25(14-10-19(26)23(28)20(27)11-14)12-21(30-34-25)17-8-9-18(16-7-5-4-6-15(16)17)24(31)29-13-22(32-2)33-3/h4-5,7,9-11,15,17,22H,6,8,12-13H2,1-3H3,(H,29,31). The molecule has 2 aliphatic carbocycles. The summed E-state index contributed by atoms with van der Waals surface area (Å²) < 4.78 is 24.2. The maximum Gasteiger partial charge on any atom is 0.251 e. The highest BCUT2D eigenvalue weighted by atomic mass is 35.5. The molecule has 0 aromatic heterocycles. The molecule has 1 aliphatic heterocycles. The van der Waals surface area contributed by atoms with E-state index in [1.54, 1.807) is 0 Å². The Bertz CT molecular complexity index is 1070. The molecule has 1 amide bonds. The SMILES string of the molecule is COC(CNC(=O)C1=CCC(C2=NOC(C)(c3cc(Cl)c(F)c(Cl)c3)C2)C2CC=CC=C12)OC. The second-order valence-electron chi connectivity index (χ2n) is 8.80. The monoisotopic (exact) mass is 508 g/mol. The van der Waals surface area contributed by atoms with Crippen molar-refractivity contribution >= 4 is 34.8 Å². The van der Waals surface area contributed by atoms with Gasteiger partial charge in [0.15, 0.2) is 17.7 Å². The molecule has 3 unspecified atom stereocenters. The first-order valence-electron chi connectivity index (χ1n) is 11.1. The second-order valence-corrected chi connectivity index (χ2v) is 9.61. The number of amides is 1. The lowest BCUT2D eigenvalue weighted by molar-refractivity contribution is -0.124. The highest BCUT2D eigenvalue weighted by molar-refractivity contribution is 6.35. The summed E-state index contributed by atoms with van der Waals surface area (Å²) in [6.07, 6.45) is 9.48. The molecule has 0 spiro atoms. The van der Waals surface area contributed by atoms with Gasteiger partial charge < -0.3 is 19.6 Å². The summed E-state index contributed by atoms with van der Waals surface area (Å²) in [4.78, 5) is 18.8. The fraction of sp³-hybridized carbons (Fsp3) is 0.440. The average molecular weight is 509 g/mol. The van der Waals surface area contributed by atoms with Crippen LogP contribution in [0.25, 0.3) is 0 Å². The van der Waals surface area contributed by atoms with E-state index in [2.05, 4.69) is 16.5 Å². The Balaban J connectivity index is 1.52. The normalized spacial score (nSPS) is 25.9. The van der Waals surface area contributed by atoms with Crippen molar-refractivity contribution in [1.29, 1.82) is 0 Å². The lowest BCUT2D eigenvalue weighted by atomic mass is 9.69. The molecule has 0 fully saturated rings. The van der Waals surface area contributed by atoms with Gasteiger partial charge in [-0.25, -0.2) is 4.39 Å². The van der Waals surface area contributed by atoms with Crippen molar-refractivity contribution in [3.8, 4) is 0 Å². The number of oxime groups is 1. The molecule has 34 heavy (non-hydrogen) atoms. The molecule has 0 bridgehead atoms. The number of hydrogen-bond donors (Lipinski definition) is 1. The number of carbonyl (C=O) groups excluding carboxylic acids is 1. The molecule has 1 aromatic rings. The third-order valence-corrected chi connectivity index (χ3v) is 7.23. The molecule has 0 saturated heterocycles. The van der Waals surface area contributed by atoms with Crippen LogP contribution >= 0.6 is 23.2 Å². The number of fused-ring (bicyclic) bond motifs is 1. The number of benzene rings is 1. The first kappa shape index (κ1) is 24.9. The van der Waals surface area contributed by atoms with Crippen LogP contribution in [0.2, 0.25) is 10.0 Å². The highest BCUT2D eigenvalue weighted by Crippen LogP contribution is 2.45. The van der Waals surface area contributed by atoms with E-state index in [1.807, 2.05) is 25.2 Å². The Labute approximate surface area is 208 Å². The van der Waals surface area contributed by atoms with Gasteiger partial charge in [-0.05, 0) is 43.4 Å². The first-order valence-corrected chi connectivity index (χ1v) is 11.8. The van der Waals surface area contributed by atoms with Crippen molar-refractivity contribution in [1.82, 2.24) is 5.32 Å². The van der Waals surface area contributed by atoms with E-state index in [0.29, 0.717) is 24.0 Å². The van der Waals surface area contributed by atoms with Gasteiger partial charge in [0.2, 0.25) is 0 Å². The molecule has 1 heterocycles. The summed E-state index contributed by atoms with van der Waals surface area (Å²) in [5.41, 5.74) is 2.41. The summed E-state index contributed by atoms with van der Waals surface area (Å²) in [7, 11) is 3.06. The fourth-order valence-corrected chi connectivity index (χ4v) is 5.24. The smallest absolute Gasteiger partial charge is 0.251 e. The van der Waals surface area contributed by atoms with E-state index in [9.17, 15) is 9.18 Å². The molecule has 3 aliphatic rings. The number of rotatable bonds is 7. The van der Waals surface area contributed by atoms with Crippen molar-refractivity contribution in [2.24, 2.45) is 17.0 Å². The summed E-state index contributed by atoms with van der Waals surface area (Å²) in [5.74, 6) is -0.633. The van der Waals surface area contributed by atoms with Crippen molar-refractivity contribution in [3.05, 3.63) is 69.0 Å². The number of allylic oxidation sites excluding steroid dienone is 4. The Morgan fingerprint density at radius 1 is 1.26 bits per heavy atom. The van der Waals surface area contributed by atoms with Gasteiger partial charge in [-0.3, -0.25) is 4.79 Å². The minimum absolute atomic E-state index is 0.0520. The van der Waals surface area contributed by atoms with Crippen molar-refractivity contribution in [3.63, 3.8) is 0 Å². The minimum atomic E-state index is -0.804. The van der Waals surface area contributed by atoms with Crippen LogP contribution in [0, 0.1) is 17.7 Å². The maximum absolute atomic E-state index is 13.9. The van der Waals surface area contributed by atoms with Gasteiger partial charge in [-0.1, -0.05) is 52.7 Å². The zero-order valence-electron chi connectivity index (χ0n) is 19.2. The van der Waals surface area contributed by atoms with Crippen LogP contribution in [-0.2, 0) is 24.7 Å². The third-order valence-electron chi connectivity index (χ3n) is 6.68. The summed E-state index contributed by atoms with van der Waals surface area (Å²) in [5, 5.41) is 7.22. The number of nitrogens with one attached hydrogen (secondary N) is 1.